The molecule has 0 aliphatic rings. The largest absolute Gasteiger partial charge is 0.396 e. The van der Waals surface area contributed by atoms with Crippen molar-refractivity contribution in [2.45, 2.75) is 44.3 Å². The van der Waals surface area contributed by atoms with Gasteiger partial charge in [0.25, 0.3) is 0 Å². The molecule has 0 amide bonds. The molecule has 1 aromatic carbocycles. The standard InChI is InChI=1S/C15H24OS/c1-4-14(17-11-10-16)12-15(2,3)13-8-6-5-7-9-13/h5-9,14,16H,4,10-12H2,1-3H3. The Morgan fingerprint density at radius 1 is 1.24 bits per heavy atom. The van der Waals surface area contributed by atoms with Crippen LogP contribution in [0.1, 0.15) is 39.2 Å². The Hall–Kier alpha value is -0.470. The molecule has 0 heterocycles. The van der Waals surface area contributed by atoms with Gasteiger partial charge in [-0.25, -0.2) is 0 Å². The molecule has 0 saturated heterocycles. The van der Waals surface area contributed by atoms with E-state index in [0.717, 1.165) is 12.2 Å². The van der Waals surface area contributed by atoms with Gasteiger partial charge in [0.15, 0.2) is 0 Å². The summed E-state index contributed by atoms with van der Waals surface area (Å²) in [5.74, 6) is 0.851. The zero-order valence-corrected chi connectivity index (χ0v) is 12.0. The topological polar surface area (TPSA) is 20.2 Å². The molecule has 1 nitrogen and oxygen atoms in total. The van der Waals surface area contributed by atoms with E-state index in [1.54, 1.807) is 0 Å². The Morgan fingerprint density at radius 3 is 2.41 bits per heavy atom. The van der Waals surface area contributed by atoms with Crippen molar-refractivity contribution in [1.29, 1.82) is 0 Å². The normalized spacial score (nSPS) is 13.6. The van der Waals surface area contributed by atoms with Gasteiger partial charge in [-0.15, -0.1) is 0 Å². The third-order valence-electron chi connectivity index (χ3n) is 3.19. The monoisotopic (exact) mass is 252 g/mol. The van der Waals surface area contributed by atoms with Crippen LogP contribution in [0.25, 0.3) is 0 Å². The number of rotatable bonds is 7. The van der Waals surface area contributed by atoms with E-state index in [-0.39, 0.29) is 12.0 Å². The minimum atomic E-state index is 0.213. The smallest absolute Gasteiger partial charge is 0.0521 e. The fourth-order valence-electron chi connectivity index (χ4n) is 2.12. The molecule has 96 valence electrons. The summed E-state index contributed by atoms with van der Waals surface area (Å²) in [7, 11) is 0. The summed E-state index contributed by atoms with van der Waals surface area (Å²) in [6.07, 6.45) is 2.33. The van der Waals surface area contributed by atoms with Crippen LogP contribution < -0.4 is 0 Å². The third-order valence-corrected chi connectivity index (χ3v) is 4.58. The van der Waals surface area contributed by atoms with Gasteiger partial charge in [0, 0.05) is 11.0 Å². The van der Waals surface area contributed by atoms with E-state index in [1.165, 1.54) is 12.0 Å². The molecule has 1 aromatic rings. The predicted octanol–water partition coefficient (Wildman–Crippen LogP) is 3.86. The predicted molar refractivity (Wildman–Crippen MR) is 77.7 cm³/mol. The van der Waals surface area contributed by atoms with E-state index < -0.39 is 0 Å². The van der Waals surface area contributed by atoms with Crippen LogP contribution in [0.3, 0.4) is 0 Å². The molecular formula is C15H24OS. The van der Waals surface area contributed by atoms with E-state index >= 15 is 0 Å². The second kappa shape index (κ2) is 7.07. The highest BCUT2D eigenvalue weighted by Gasteiger charge is 2.24. The zero-order valence-electron chi connectivity index (χ0n) is 11.1. The molecule has 0 radical (unpaired) electrons. The third kappa shape index (κ3) is 4.72. The lowest BCUT2D eigenvalue weighted by atomic mass is 9.80. The SMILES string of the molecule is CCC(CC(C)(C)c1ccccc1)SCCO. The summed E-state index contributed by atoms with van der Waals surface area (Å²) in [4.78, 5) is 0. The molecular weight excluding hydrogens is 228 g/mol. The molecule has 0 fully saturated rings. The van der Waals surface area contributed by atoms with Crippen molar-refractivity contribution in [2.24, 2.45) is 0 Å². The molecule has 1 N–H and O–H groups in total. The fourth-order valence-corrected chi connectivity index (χ4v) is 3.33. The van der Waals surface area contributed by atoms with Gasteiger partial charge >= 0.3 is 0 Å². The van der Waals surface area contributed by atoms with Crippen LogP contribution in [0.2, 0.25) is 0 Å². The number of thioether (sulfide) groups is 1. The highest BCUT2D eigenvalue weighted by Crippen LogP contribution is 2.33. The summed E-state index contributed by atoms with van der Waals surface area (Å²) in [5, 5.41) is 9.54. The summed E-state index contributed by atoms with van der Waals surface area (Å²) < 4.78 is 0. The maximum absolute atomic E-state index is 8.91. The maximum Gasteiger partial charge on any atom is 0.0521 e. The van der Waals surface area contributed by atoms with Crippen LogP contribution in [0, 0.1) is 0 Å². The van der Waals surface area contributed by atoms with Crippen LogP contribution in [-0.4, -0.2) is 22.7 Å². The highest BCUT2D eigenvalue weighted by atomic mass is 32.2. The lowest BCUT2D eigenvalue weighted by Gasteiger charge is -2.29. The molecule has 0 aliphatic carbocycles. The second-order valence-corrected chi connectivity index (χ2v) is 6.49. The van der Waals surface area contributed by atoms with E-state index in [0.29, 0.717) is 5.25 Å². The van der Waals surface area contributed by atoms with Gasteiger partial charge in [-0.3, -0.25) is 0 Å². The molecule has 2 heteroatoms. The maximum atomic E-state index is 8.91. The first-order valence-electron chi connectivity index (χ1n) is 6.38. The minimum Gasteiger partial charge on any atom is -0.396 e. The summed E-state index contributed by atoms with van der Waals surface area (Å²) in [5.41, 5.74) is 1.62. The Bertz CT molecular complexity index is 308. The van der Waals surface area contributed by atoms with Crippen molar-refractivity contribution >= 4 is 11.8 Å². The Balaban J connectivity index is 2.64. The molecule has 0 saturated carbocycles. The van der Waals surface area contributed by atoms with Crippen LogP contribution in [0.15, 0.2) is 30.3 Å². The van der Waals surface area contributed by atoms with Gasteiger partial charge < -0.3 is 5.11 Å². The lowest BCUT2D eigenvalue weighted by molar-refractivity contribution is 0.322. The molecule has 0 aliphatic heterocycles. The lowest BCUT2D eigenvalue weighted by Crippen LogP contribution is -2.23. The molecule has 1 unspecified atom stereocenters. The van der Waals surface area contributed by atoms with E-state index in [9.17, 15) is 0 Å². The zero-order chi connectivity index (χ0) is 12.7. The number of hydrogen-bond donors (Lipinski definition) is 1. The van der Waals surface area contributed by atoms with Crippen LogP contribution in [0.5, 0.6) is 0 Å². The van der Waals surface area contributed by atoms with Crippen LogP contribution in [0.4, 0.5) is 0 Å². The van der Waals surface area contributed by atoms with Crippen molar-refractivity contribution < 1.29 is 5.11 Å². The molecule has 0 aromatic heterocycles. The number of hydrogen-bond acceptors (Lipinski definition) is 2. The van der Waals surface area contributed by atoms with Gasteiger partial charge in [-0.1, -0.05) is 51.1 Å². The Labute approximate surface area is 110 Å². The van der Waals surface area contributed by atoms with Gasteiger partial charge in [-0.2, -0.15) is 11.8 Å². The number of aliphatic hydroxyl groups excluding tert-OH is 1. The van der Waals surface area contributed by atoms with Crippen LogP contribution >= 0.6 is 11.8 Å². The fraction of sp³-hybridized carbons (Fsp3) is 0.600. The summed E-state index contributed by atoms with van der Waals surface area (Å²) in [6.45, 7) is 7.14. The first kappa shape index (κ1) is 14.6. The van der Waals surface area contributed by atoms with Gasteiger partial charge in [0.1, 0.15) is 0 Å². The van der Waals surface area contributed by atoms with Crippen LogP contribution in [-0.2, 0) is 5.41 Å². The van der Waals surface area contributed by atoms with E-state index in [2.05, 4.69) is 51.1 Å². The molecule has 1 rings (SSSR count). The Morgan fingerprint density at radius 2 is 1.88 bits per heavy atom. The van der Waals surface area contributed by atoms with Crippen molar-refractivity contribution in [2.75, 3.05) is 12.4 Å². The minimum absolute atomic E-state index is 0.213. The van der Waals surface area contributed by atoms with Gasteiger partial charge in [-0.05, 0) is 23.8 Å². The molecule has 0 bridgehead atoms. The van der Waals surface area contributed by atoms with E-state index in [1.807, 2.05) is 11.8 Å². The average molecular weight is 252 g/mol. The second-order valence-electron chi connectivity index (χ2n) is 5.08. The van der Waals surface area contributed by atoms with E-state index in [4.69, 9.17) is 5.11 Å². The molecule has 17 heavy (non-hydrogen) atoms. The number of benzene rings is 1. The van der Waals surface area contributed by atoms with Gasteiger partial charge in [0.05, 0.1) is 6.61 Å². The first-order chi connectivity index (χ1) is 8.10. The molecule has 1 atom stereocenters. The summed E-state index contributed by atoms with van der Waals surface area (Å²) in [6, 6.07) is 10.7. The Kier molecular flexibility index (Phi) is 6.07. The molecule has 0 spiro atoms. The van der Waals surface area contributed by atoms with Crippen molar-refractivity contribution in [3.8, 4) is 0 Å². The highest BCUT2D eigenvalue weighted by molar-refractivity contribution is 7.99. The summed E-state index contributed by atoms with van der Waals surface area (Å²) >= 11 is 1.89. The van der Waals surface area contributed by atoms with Gasteiger partial charge in [0.2, 0.25) is 0 Å². The quantitative estimate of drug-likeness (QED) is 0.795. The number of aliphatic hydroxyl groups is 1. The van der Waals surface area contributed by atoms with Crippen molar-refractivity contribution in [3.63, 3.8) is 0 Å². The van der Waals surface area contributed by atoms with Crippen molar-refractivity contribution in [1.82, 2.24) is 0 Å². The average Bonchev–Trinajstić information content (AvgIpc) is 2.35. The first-order valence-corrected chi connectivity index (χ1v) is 7.43. The van der Waals surface area contributed by atoms with Crippen molar-refractivity contribution in [3.05, 3.63) is 35.9 Å².